The normalized spacial score (nSPS) is 26.0. The van der Waals surface area contributed by atoms with Gasteiger partial charge in [-0.3, -0.25) is 9.59 Å². The van der Waals surface area contributed by atoms with Crippen LogP contribution in [-0.4, -0.2) is 74.9 Å². The van der Waals surface area contributed by atoms with Gasteiger partial charge in [0.15, 0.2) is 0 Å². The van der Waals surface area contributed by atoms with Crippen LogP contribution >= 0.6 is 0 Å². The number of amides is 2. The molecule has 0 aromatic rings. The molecule has 2 amide bonds. The van der Waals surface area contributed by atoms with Gasteiger partial charge in [0.2, 0.25) is 5.91 Å². The average molecular weight is 390 g/mol. The molecule has 1 aliphatic carbocycles. The molecule has 0 spiro atoms. The van der Waals surface area contributed by atoms with Crippen molar-refractivity contribution in [3.05, 3.63) is 0 Å². The topological polar surface area (TPSA) is 165 Å². The Morgan fingerprint density at radius 1 is 1.19 bits per heavy atom. The minimum atomic E-state index is -1.54. The molecule has 1 saturated carbocycles. The molecule has 0 radical (unpaired) electrons. The fourth-order valence-electron chi connectivity index (χ4n) is 3.32. The maximum atomic E-state index is 12.1. The minimum Gasteiger partial charge on any atom is -0.481 e. The third-order valence-corrected chi connectivity index (χ3v) is 4.44. The first-order chi connectivity index (χ1) is 12.4. The van der Waals surface area contributed by atoms with Gasteiger partial charge in [-0.25, -0.2) is 4.79 Å². The van der Waals surface area contributed by atoms with Crippen LogP contribution < -0.4 is 10.6 Å². The highest BCUT2D eigenvalue weighted by Gasteiger charge is 2.46. The van der Waals surface area contributed by atoms with Crippen LogP contribution in [0.2, 0.25) is 0 Å². The van der Waals surface area contributed by atoms with Gasteiger partial charge in [0.25, 0.3) is 0 Å². The molecule has 156 valence electrons. The molecule has 6 N–H and O–H groups in total. The quantitative estimate of drug-likeness (QED) is 0.329. The molecule has 27 heavy (non-hydrogen) atoms. The largest absolute Gasteiger partial charge is 0.481 e. The van der Waals surface area contributed by atoms with Gasteiger partial charge >= 0.3 is 12.1 Å². The van der Waals surface area contributed by atoms with Crippen molar-refractivity contribution in [2.24, 2.45) is 11.8 Å². The number of nitrogens with one attached hydrogen (secondary N) is 2. The lowest BCUT2D eigenvalue weighted by Gasteiger charge is -2.34. The van der Waals surface area contributed by atoms with Gasteiger partial charge in [-0.2, -0.15) is 0 Å². The van der Waals surface area contributed by atoms with E-state index in [4.69, 9.17) is 9.84 Å². The summed E-state index contributed by atoms with van der Waals surface area (Å²) in [5, 5.41) is 43.7. The van der Waals surface area contributed by atoms with E-state index in [1.54, 1.807) is 20.8 Å². The van der Waals surface area contributed by atoms with Crippen LogP contribution in [0.25, 0.3) is 0 Å². The van der Waals surface area contributed by atoms with Crippen LogP contribution in [0.15, 0.2) is 0 Å². The van der Waals surface area contributed by atoms with Crippen molar-refractivity contribution >= 4 is 18.0 Å². The number of carboxylic acid groups (broad SMARTS) is 1. The van der Waals surface area contributed by atoms with E-state index in [0.717, 1.165) is 0 Å². The van der Waals surface area contributed by atoms with E-state index in [-0.39, 0.29) is 12.8 Å². The van der Waals surface area contributed by atoms with Gasteiger partial charge in [-0.05, 0) is 33.6 Å². The molecule has 1 fully saturated rings. The van der Waals surface area contributed by atoms with E-state index in [2.05, 4.69) is 10.6 Å². The summed E-state index contributed by atoms with van der Waals surface area (Å²) in [4.78, 5) is 35.1. The zero-order chi connectivity index (χ0) is 20.9. The van der Waals surface area contributed by atoms with Gasteiger partial charge in [0.1, 0.15) is 17.8 Å². The number of alkyl carbamates (subject to hydrolysis) is 1. The van der Waals surface area contributed by atoms with Crippen molar-refractivity contribution in [1.82, 2.24) is 10.6 Å². The molecule has 1 rings (SSSR count). The Bertz CT molecular complexity index is 548. The first kappa shape index (κ1) is 23.1. The number of carbonyl (C=O) groups is 3. The lowest BCUT2D eigenvalue weighted by molar-refractivity contribution is -0.141. The zero-order valence-electron chi connectivity index (χ0n) is 16.0. The lowest BCUT2D eigenvalue weighted by atomic mass is 9.87. The van der Waals surface area contributed by atoms with E-state index < -0.39 is 66.3 Å². The monoisotopic (exact) mass is 390 g/mol. The Hall–Kier alpha value is -1.91. The summed E-state index contributed by atoms with van der Waals surface area (Å²) in [5.74, 6) is -3.05. The smallest absolute Gasteiger partial charge is 0.407 e. The fourth-order valence-corrected chi connectivity index (χ4v) is 3.32. The summed E-state index contributed by atoms with van der Waals surface area (Å²) in [6, 6.07) is -1.77. The fraction of sp³-hybridized carbons (Fsp3) is 0.824. The maximum absolute atomic E-state index is 12.1. The molecule has 0 aromatic heterocycles. The lowest BCUT2D eigenvalue weighted by Crippen LogP contribution is -2.57. The van der Waals surface area contributed by atoms with Gasteiger partial charge in [-0.15, -0.1) is 0 Å². The Morgan fingerprint density at radius 2 is 1.78 bits per heavy atom. The Morgan fingerprint density at radius 3 is 2.22 bits per heavy atom. The van der Waals surface area contributed by atoms with E-state index in [1.807, 2.05) is 0 Å². The van der Waals surface area contributed by atoms with Crippen LogP contribution in [0.1, 0.15) is 40.5 Å². The van der Waals surface area contributed by atoms with Gasteiger partial charge < -0.3 is 35.8 Å². The molecular formula is C17H30N2O8. The first-order valence-electron chi connectivity index (χ1n) is 8.82. The Labute approximate surface area is 157 Å². The first-order valence-corrected chi connectivity index (χ1v) is 8.82. The van der Waals surface area contributed by atoms with Crippen molar-refractivity contribution in [3.8, 4) is 0 Å². The van der Waals surface area contributed by atoms with Gasteiger partial charge in [0.05, 0.1) is 18.6 Å². The summed E-state index contributed by atoms with van der Waals surface area (Å²) in [6.07, 6.45) is -3.68. The van der Waals surface area contributed by atoms with Gasteiger partial charge in [-0.1, -0.05) is 0 Å². The van der Waals surface area contributed by atoms with E-state index >= 15 is 0 Å². The predicted octanol–water partition coefficient (Wildman–Crippen LogP) is -0.791. The number of hydrogen-bond acceptors (Lipinski definition) is 7. The molecule has 10 heteroatoms. The Balaban J connectivity index is 3.07. The Kier molecular flexibility index (Phi) is 8.00. The van der Waals surface area contributed by atoms with Gasteiger partial charge in [0, 0.05) is 18.9 Å². The van der Waals surface area contributed by atoms with Crippen molar-refractivity contribution in [2.75, 3.05) is 6.61 Å². The minimum absolute atomic E-state index is 0.0654. The molecule has 0 heterocycles. The van der Waals surface area contributed by atoms with Crippen LogP contribution in [-0.2, 0) is 14.3 Å². The summed E-state index contributed by atoms with van der Waals surface area (Å²) < 4.78 is 5.20. The number of aliphatic hydroxyl groups excluding tert-OH is 3. The van der Waals surface area contributed by atoms with E-state index in [1.165, 1.54) is 6.92 Å². The number of carboxylic acids is 1. The van der Waals surface area contributed by atoms with Crippen LogP contribution in [0, 0.1) is 11.8 Å². The molecule has 0 aromatic carbocycles. The van der Waals surface area contributed by atoms with Crippen molar-refractivity contribution in [1.29, 1.82) is 0 Å². The summed E-state index contributed by atoms with van der Waals surface area (Å²) in [5.41, 5.74) is -0.756. The third-order valence-electron chi connectivity index (χ3n) is 4.44. The van der Waals surface area contributed by atoms with Crippen molar-refractivity contribution in [2.45, 2.75) is 70.4 Å². The maximum Gasteiger partial charge on any atom is 0.407 e. The highest BCUT2D eigenvalue weighted by molar-refractivity contribution is 5.74. The van der Waals surface area contributed by atoms with Crippen LogP contribution in [0.4, 0.5) is 4.79 Å². The molecule has 0 aliphatic heterocycles. The molecule has 1 aliphatic rings. The molecule has 0 bridgehead atoms. The van der Waals surface area contributed by atoms with E-state index in [9.17, 15) is 29.7 Å². The van der Waals surface area contributed by atoms with Crippen LogP contribution in [0.5, 0.6) is 0 Å². The van der Waals surface area contributed by atoms with E-state index in [0.29, 0.717) is 0 Å². The molecule has 0 saturated heterocycles. The number of rotatable bonds is 7. The number of ether oxygens (including phenoxy) is 1. The molecule has 10 nitrogen and oxygen atoms in total. The summed E-state index contributed by atoms with van der Waals surface area (Å²) in [6.45, 7) is 5.52. The predicted molar refractivity (Wildman–Crippen MR) is 93.7 cm³/mol. The highest BCUT2D eigenvalue weighted by atomic mass is 16.6. The number of carbonyl (C=O) groups excluding carboxylic acids is 2. The third kappa shape index (κ3) is 6.96. The molecule has 6 atom stereocenters. The molecule has 4 unspecified atom stereocenters. The summed E-state index contributed by atoms with van der Waals surface area (Å²) >= 11 is 0. The second-order valence-electron chi connectivity index (χ2n) is 7.89. The number of aliphatic hydroxyl groups is 3. The highest BCUT2D eigenvalue weighted by Crippen LogP contribution is 2.35. The molecular weight excluding hydrogens is 360 g/mol. The van der Waals surface area contributed by atoms with Crippen molar-refractivity contribution in [3.63, 3.8) is 0 Å². The summed E-state index contributed by atoms with van der Waals surface area (Å²) in [7, 11) is 0. The standard InChI is InChI=1S/C17H30N2O8/c1-8(21)18-13(14(23)12(22)7-20)10-5-9(15(24)25)6-11(10)19-16(26)27-17(2,3)4/h9-14,20,22-23H,5-7H2,1-4H3,(H,18,21)(H,19,26)(H,24,25)/t9?,10-,11+,12?,13?,14?/m1/s1. The SMILES string of the molecule is CC(=O)NC(C(O)C(O)CO)[C@@H]1CC(C(=O)O)C[C@@H]1NC(=O)OC(C)(C)C. The van der Waals surface area contributed by atoms with Crippen molar-refractivity contribution < 1.29 is 39.5 Å². The van der Waals surface area contributed by atoms with Crippen LogP contribution in [0.3, 0.4) is 0 Å². The number of aliphatic carboxylic acids is 1. The average Bonchev–Trinajstić information content (AvgIpc) is 2.92. The second kappa shape index (κ2) is 9.34. The second-order valence-corrected chi connectivity index (χ2v) is 7.89. The zero-order valence-corrected chi connectivity index (χ0v) is 16.0. The number of hydrogen-bond donors (Lipinski definition) is 6.